The molecule has 0 spiro atoms. The predicted octanol–water partition coefficient (Wildman–Crippen LogP) is 2.56. The van der Waals surface area contributed by atoms with E-state index in [1.54, 1.807) is 0 Å². The van der Waals surface area contributed by atoms with Crippen molar-refractivity contribution in [1.29, 1.82) is 0 Å². The zero-order chi connectivity index (χ0) is 14.9. The van der Waals surface area contributed by atoms with E-state index in [-0.39, 0.29) is 27.3 Å². The molecular formula is C12H13Cl2NO4S. The number of hydrogen-bond donors (Lipinski definition) is 1. The maximum Gasteiger partial charge on any atom is 0.265 e. The number of hydrogen-bond acceptors (Lipinski definition) is 4. The number of amides is 1. The number of methoxy groups -OCH3 is 1. The Labute approximate surface area is 126 Å². The van der Waals surface area contributed by atoms with Gasteiger partial charge in [-0.05, 0) is 31.4 Å². The van der Waals surface area contributed by atoms with E-state index in [4.69, 9.17) is 27.0 Å². The molecule has 0 unspecified atom stereocenters. The number of ether oxygens (including phenoxy) is 1. The largest absolute Gasteiger partial charge is 0.494 e. The third-order valence-electron chi connectivity index (χ3n) is 3.17. The summed E-state index contributed by atoms with van der Waals surface area (Å²) in [6.45, 7) is 0. The van der Waals surface area contributed by atoms with Crippen LogP contribution in [0.15, 0.2) is 17.0 Å². The summed E-state index contributed by atoms with van der Waals surface area (Å²) in [6.07, 6.45) is 2.89. The quantitative estimate of drug-likeness (QED) is 0.857. The summed E-state index contributed by atoms with van der Waals surface area (Å²) in [5.41, 5.74) is 0.0612. The standard InChI is InChI=1S/C12H13Cl2NO4S/c1-19-11-9(12(16)15-8-3-2-4-8)5-7(13)6-10(11)20(14,17)18/h5-6,8H,2-4H2,1H3,(H,15,16). The molecule has 0 bridgehead atoms. The summed E-state index contributed by atoms with van der Waals surface area (Å²) in [4.78, 5) is 11.9. The van der Waals surface area contributed by atoms with Gasteiger partial charge in [0.25, 0.3) is 15.0 Å². The molecule has 0 aromatic heterocycles. The first-order valence-electron chi connectivity index (χ1n) is 5.96. The van der Waals surface area contributed by atoms with Gasteiger partial charge in [-0.3, -0.25) is 4.79 Å². The van der Waals surface area contributed by atoms with Gasteiger partial charge in [-0.1, -0.05) is 11.6 Å². The van der Waals surface area contributed by atoms with Gasteiger partial charge in [0, 0.05) is 21.7 Å². The second kappa shape index (κ2) is 5.79. The Morgan fingerprint density at radius 1 is 1.40 bits per heavy atom. The van der Waals surface area contributed by atoms with Gasteiger partial charge in [0.15, 0.2) is 5.75 Å². The predicted molar refractivity (Wildman–Crippen MR) is 76.1 cm³/mol. The Morgan fingerprint density at radius 3 is 2.50 bits per heavy atom. The molecular weight excluding hydrogens is 325 g/mol. The Morgan fingerprint density at radius 2 is 2.05 bits per heavy atom. The van der Waals surface area contributed by atoms with Crippen LogP contribution in [-0.2, 0) is 9.05 Å². The van der Waals surface area contributed by atoms with Gasteiger partial charge in [-0.2, -0.15) is 0 Å². The number of rotatable bonds is 4. The first kappa shape index (κ1) is 15.4. The SMILES string of the molecule is COc1c(C(=O)NC2CCC2)cc(Cl)cc1S(=O)(=O)Cl. The van der Waals surface area contributed by atoms with E-state index in [1.807, 2.05) is 0 Å². The fraction of sp³-hybridized carbons (Fsp3) is 0.417. The van der Waals surface area contributed by atoms with E-state index >= 15 is 0 Å². The normalized spacial score (nSPS) is 15.6. The molecule has 0 saturated heterocycles. The highest BCUT2D eigenvalue weighted by atomic mass is 35.7. The molecule has 1 saturated carbocycles. The second-order valence-corrected chi connectivity index (χ2v) is 7.49. The van der Waals surface area contributed by atoms with Crippen LogP contribution in [0.4, 0.5) is 0 Å². The smallest absolute Gasteiger partial charge is 0.265 e. The molecule has 20 heavy (non-hydrogen) atoms. The lowest BCUT2D eigenvalue weighted by Gasteiger charge is -2.26. The van der Waals surface area contributed by atoms with Crippen LogP contribution in [0.3, 0.4) is 0 Å². The van der Waals surface area contributed by atoms with Crippen LogP contribution in [0, 0.1) is 0 Å². The van der Waals surface area contributed by atoms with Crippen molar-refractivity contribution < 1.29 is 17.9 Å². The lowest BCUT2D eigenvalue weighted by Crippen LogP contribution is -2.39. The van der Waals surface area contributed by atoms with Crippen LogP contribution < -0.4 is 10.1 Å². The van der Waals surface area contributed by atoms with E-state index in [1.165, 1.54) is 13.2 Å². The summed E-state index contributed by atoms with van der Waals surface area (Å²) >= 11 is 5.85. The van der Waals surface area contributed by atoms with Gasteiger partial charge in [-0.15, -0.1) is 0 Å². The fourth-order valence-corrected chi connectivity index (χ4v) is 3.25. The van der Waals surface area contributed by atoms with Crippen molar-refractivity contribution in [3.63, 3.8) is 0 Å². The van der Waals surface area contributed by atoms with Gasteiger partial charge in [0.2, 0.25) is 0 Å². The van der Waals surface area contributed by atoms with Crippen LogP contribution in [0.25, 0.3) is 0 Å². The first-order chi connectivity index (χ1) is 9.32. The zero-order valence-electron chi connectivity index (χ0n) is 10.7. The first-order valence-corrected chi connectivity index (χ1v) is 8.64. The van der Waals surface area contributed by atoms with Crippen LogP contribution in [0.1, 0.15) is 29.6 Å². The van der Waals surface area contributed by atoms with Crippen LogP contribution in [-0.4, -0.2) is 27.5 Å². The molecule has 0 aliphatic heterocycles. The highest BCUT2D eigenvalue weighted by Gasteiger charge is 2.27. The Bertz CT molecular complexity index is 641. The monoisotopic (exact) mass is 337 g/mol. The summed E-state index contributed by atoms with van der Waals surface area (Å²) in [5, 5.41) is 2.90. The Hall–Kier alpha value is -0.980. The van der Waals surface area contributed by atoms with Crippen molar-refractivity contribution in [1.82, 2.24) is 5.32 Å². The fourth-order valence-electron chi connectivity index (χ4n) is 1.94. The van der Waals surface area contributed by atoms with Crippen molar-refractivity contribution in [2.75, 3.05) is 7.11 Å². The summed E-state index contributed by atoms with van der Waals surface area (Å²) in [5.74, 6) is -0.517. The van der Waals surface area contributed by atoms with Gasteiger partial charge < -0.3 is 10.1 Å². The summed E-state index contributed by atoms with van der Waals surface area (Å²) in [7, 11) is 2.55. The van der Waals surface area contributed by atoms with Crippen molar-refractivity contribution in [3.05, 3.63) is 22.7 Å². The summed E-state index contributed by atoms with van der Waals surface area (Å²) < 4.78 is 28.1. The average Bonchev–Trinajstić information content (AvgIpc) is 2.31. The minimum absolute atomic E-state index is 0.0612. The van der Waals surface area contributed by atoms with Crippen LogP contribution in [0.5, 0.6) is 5.75 Å². The molecule has 1 N–H and O–H groups in total. The number of carbonyl (C=O) groups is 1. The maximum atomic E-state index is 12.2. The van der Waals surface area contributed by atoms with Gasteiger partial charge >= 0.3 is 0 Å². The van der Waals surface area contributed by atoms with E-state index < -0.39 is 15.0 Å². The van der Waals surface area contributed by atoms with E-state index in [9.17, 15) is 13.2 Å². The molecule has 0 heterocycles. The Balaban J connectivity index is 2.45. The molecule has 1 fully saturated rings. The van der Waals surface area contributed by atoms with Crippen molar-refractivity contribution in [3.8, 4) is 5.75 Å². The molecule has 1 aromatic carbocycles. The van der Waals surface area contributed by atoms with E-state index in [0.29, 0.717) is 0 Å². The van der Waals surface area contributed by atoms with E-state index in [0.717, 1.165) is 25.3 Å². The van der Waals surface area contributed by atoms with Crippen LogP contribution >= 0.6 is 22.3 Å². The van der Waals surface area contributed by atoms with Gasteiger partial charge in [-0.25, -0.2) is 8.42 Å². The number of nitrogens with one attached hydrogen (secondary N) is 1. The van der Waals surface area contributed by atoms with Crippen molar-refractivity contribution in [2.24, 2.45) is 0 Å². The Kier molecular flexibility index (Phi) is 4.46. The third kappa shape index (κ3) is 3.19. The maximum absolute atomic E-state index is 12.2. The van der Waals surface area contributed by atoms with Gasteiger partial charge in [0.05, 0.1) is 12.7 Å². The van der Waals surface area contributed by atoms with E-state index in [2.05, 4.69) is 5.32 Å². The lowest BCUT2D eigenvalue weighted by molar-refractivity contribution is 0.0913. The number of benzene rings is 1. The minimum atomic E-state index is -4.06. The molecule has 0 atom stereocenters. The molecule has 1 aromatic rings. The number of carbonyl (C=O) groups excluding carboxylic acids is 1. The summed E-state index contributed by atoms with van der Waals surface area (Å²) in [6, 6.07) is 2.63. The minimum Gasteiger partial charge on any atom is -0.494 e. The molecule has 110 valence electrons. The van der Waals surface area contributed by atoms with Gasteiger partial charge in [0.1, 0.15) is 4.90 Å². The van der Waals surface area contributed by atoms with Crippen molar-refractivity contribution in [2.45, 2.75) is 30.2 Å². The molecule has 0 radical (unpaired) electrons. The van der Waals surface area contributed by atoms with Crippen LogP contribution in [0.2, 0.25) is 5.02 Å². The highest BCUT2D eigenvalue weighted by Crippen LogP contribution is 2.34. The topological polar surface area (TPSA) is 72.5 Å². The zero-order valence-corrected chi connectivity index (χ0v) is 13.0. The highest BCUT2D eigenvalue weighted by molar-refractivity contribution is 8.13. The molecule has 1 aliphatic carbocycles. The average molecular weight is 338 g/mol. The molecule has 8 heteroatoms. The molecule has 1 aliphatic rings. The van der Waals surface area contributed by atoms with Crippen molar-refractivity contribution >= 4 is 37.2 Å². The molecule has 1 amide bonds. The lowest BCUT2D eigenvalue weighted by atomic mass is 9.93. The number of halogens is 2. The third-order valence-corrected chi connectivity index (χ3v) is 4.72. The second-order valence-electron chi connectivity index (χ2n) is 4.52. The molecule has 2 rings (SSSR count). The molecule has 5 nitrogen and oxygen atoms in total.